The van der Waals surface area contributed by atoms with Gasteiger partial charge >= 0.3 is 0 Å². The van der Waals surface area contributed by atoms with Gasteiger partial charge in [0.15, 0.2) is 0 Å². The van der Waals surface area contributed by atoms with E-state index in [0.29, 0.717) is 0 Å². The molecule has 4 heteroatoms. The number of aromatic nitrogens is 2. The summed E-state index contributed by atoms with van der Waals surface area (Å²) in [5.41, 5.74) is 2.30. The van der Waals surface area contributed by atoms with Crippen molar-refractivity contribution in [3.63, 3.8) is 0 Å². The van der Waals surface area contributed by atoms with E-state index in [1.165, 1.54) is 10.9 Å². The topological polar surface area (TPSA) is 29.9 Å². The molecule has 0 saturated carbocycles. The minimum Gasteiger partial charge on any atom is -0.316 e. The average Bonchev–Trinajstić information content (AvgIpc) is 2.45. The number of nitrogens with one attached hydrogen (secondary N) is 1. The van der Waals surface area contributed by atoms with E-state index in [-0.39, 0.29) is 0 Å². The summed E-state index contributed by atoms with van der Waals surface area (Å²) in [5, 5.41) is 8.75. The Morgan fingerprint density at radius 1 is 1.50 bits per heavy atom. The van der Waals surface area contributed by atoms with Gasteiger partial charge in [-0.25, -0.2) is 0 Å². The molecule has 0 fully saturated rings. The van der Waals surface area contributed by atoms with Gasteiger partial charge in [0.1, 0.15) is 4.60 Å². The molecule has 0 spiro atoms. The number of halogens is 1. The van der Waals surface area contributed by atoms with Crippen molar-refractivity contribution in [1.29, 1.82) is 0 Å². The van der Waals surface area contributed by atoms with Crippen LogP contribution in [0.2, 0.25) is 0 Å². The number of hydrogen-bond donors (Lipinski definition) is 1. The molecule has 0 atom stereocenters. The van der Waals surface area contributed by atoms with Crippen molar-refractivity contribution in [2.75, 3.05) is 7.05 Å². The van der Waals surface area contributed by atoms with E-state index in [0.717, 1.165) is 16.7 Å². The van der Waals surface area contributed by atoms with Crippen LogP contribution in [-0.4, -0.2) is 16.8 Å². The van der Waals surface area contributed by atoms with E-state index in [1.807, 2.05) is 30.9 Å². The van der Waals surface area contributed by atoms with E-state index in [1.54, 1.807) is 0 Å². The van der Waals surface area contributed by atoms with Crippen molar-refractivity contribution in [2.45, 2.75) is 6.54 Å². The third kappa shape index (κ3) is 1.44. The van der Waals surface area contributed by atoms with E-state index < -0.39 is 0 Å². The van der Waals surface area contributed by atoms with Gasteiger partial charge in [-0.15, -0.1) is 0 Å². The van der Waals surface area contributed by atoms with Crippen molar-refractivity contribution >= 4 is 26.8 Å². The first-order valence-electron chi connectivity index (χ1n) is 4.48. The highest BCUT2D eigenvalue weighted by Crippen LogP contribution is 2.26. The summed E-state index contributed by atoms with van der Waals surface area (Å²) >= 11 is 3.54. The maximum absolute atomic E-state index is 4.40. The molecule has 14 heavy (non-hydrogen) atoms. The average molecular weight is 254 g/mol. The molecule has 0 amide bonds. The summed E-state index contributed by atoms with van der Waals surface area (Å²) in [6.07, 6.45) is 0. The second-order valence-corrected chi connectivity index (χ2v) is 4.01. The number of hydrogen-bond acceptors (Lipinski definition) is 2. The summed E-state index contributed by atoms with van der Waals surface area (Å²) in [4.78, 5) is 0. The zero-order chi connectivity index (χ0) is 10.1. The lowest BCUT2D eigenvalue weighted by Gasteiger charge is -2.01. The summed E-state index contributed by atoms with van der Waals surface area (Å²) in [6, 6.07) is 6.18. The number of fused-ring (bicyclic) bond motifs is 1. The molecule has 0 radical (unpaired) electrons. The Balaban J connectivity index is 2.71. The predicted molar refractivity (Wildman–Crippen MR) is 61.2 cm³/mol. The van der Waals surface area contributed by atoms with Crippen molar-refractivity contribution < 1.29 is 0 Å². The van der Waals surface area contributed by atoms with Gasteiger partial charge in [-0.05, 0) is 34.6 Å². The summed E-state index contributed by atoms with van der Waals surface area (Å²) in [7, 11) is 3.89. The minimum absolute atomic E-state index is 0.863. The Kier molecular flexibility index (Phi) is 2.56. The van der Waals surface area contributed by atoms with Gasteiger partial charge < -0.3 is 5.32 Å². The Bertz CT molecular complexity index is 462. The Morgan fingerprint density at radius 3 is 3.00 bits per heavy atom. The van der Waals surface area contributed by atoms with Crippen molar-refractivity contribution in [2.24, 2.45) is 7.05 Å². The van der Waals surface area contributed by atoms with Crippen LogP contribution in [0.5, 0.6) is 0 Å². The van der Waals surface area contributed by atoms with Crippen LogP contribution in [0.1, 0.15) is 5.56 Å². The highest BCUT2D eigenvalue weighted by atomic mass is 79.9. The van der Waals surface area contributed by atoms with E-state index >= 15 is 0 Å². The summed E-state index contributed by atoms with van der Waals surface area (Å²) < 4.78 is 2.89. The molecule has 74 valence electrons. The molecule has 0 aliphatic rings. The first-order valence-corrected chi connectivity index (χ1v) is 5.28. The van der Waals surface area contributed by atoms with Gasteiger partial charge in [-0.1, -0.05) is 12.1 Å². The summed E-state index contributed by atoms with van der Waals surface area (Å²) in [6.45, 7) is 0.863. The fourth-order valence-electron chi connectivity index (χ4n) is 1.61. The highest BCUT2D eigenvalue weighted by Gasteiger charge is 2.09. The van der Waals surface area contributed by atoms with Crippen molar-refractivity contribution in [3.8, 4) is 0 Å². The monoisotopic (exact) mass is 253 g/mol. The predicted octanol–water partition coefficient (Wildman–Crippen LogP) is 2.06. The van der Waals surface area contributed by atoms with Gasteiger partial charge in [0, 0.05) is 19.0 Å². The smallest absolute Gasteiger partial charge is 0.111 e. The molecular formula is C10H12BrN3. The molecule has 0 aliphatic heterocycles. The van der Waals surface area contributed by atoms with Crippen LogP contribution in [-0.2, 0) is 13.6 Å². The molecule has 0 aliphatic carbocycles. The number of aryl methyl sites for hydroxylation is 1. The van der Waals surface area contributed by atoms with Crippen molar-refractivity contribution in [1.82, 2.24) is 15.1 Å². The molecule has 3 nitrogen and oxygen atoms in total. The molecule has 2 aromatic rings. The molecule has 0 saturated heterocycles. The van der Waals surface area contributed by atoms with Crippen molar-refractivity contribution in [3.05, 3.63) is 28.4 Å². The summed E-state index contributed by atoms with van der Waals surface area (Å²) in [5.74, 6) is 0. The number of nitrogens with zero attached hydrogens (tertiary/aromatic N) is 2. The van der Waals surface area contributed by atoms with Crippen LogP contribution < -0.4 is 5.32 Å². The van der Waals surface area contributed by atoms with E-state index in [9.17, 15) is 0 Å². The molecule has 1 heterocycles. The third-order valence-corrected chi connectivity index (χ3v) is 3.15. The van der Waals surface area contributed by atoms with Gasteiger partial charge in [0.05, 0.1) is 5.52 Å². The quantitative estimate of drug-likeness (QED) is 0.888. The Morgan fingerprint density at radius 2 is 2.29 bits per heavy atom. The third-order valence-electron chi connectivity index (χ3n) is 2.24. The zero-order valence-corrected chi connectivity index (χ0v) is 9.80. The highest BCUT2D eigenvalue weighted by molar-refractivity contribution is 9.10. The number of benzene rings is 1. The standard InChI is InChI=1S/C10H12BrN3/c1-12-6-7-4-3-5-8-9(7)10(11)14(2)13-8/h3-5,12H,6H2,1-2H3. The fraction of sp³-hybridized carbons (Fsp3) is 0.300. The molecule has 0 unspecified atom stereocenters. The van der Waals surface area contributed by atoms with Gasteiger partial charge in [0.2, 0.25) is 0 Å². The molecule has 1 N–H and O–H groups in total. The maximum Gasteiger partial charge on any atom is 0.111 e. The first-order chi connectivity index (χ1) is 6.74. The van der Waals surface area contributed by atoms with Crippen LogP contribution in [0.25, 0.3) is 10.9 Å². The SMILES string of the molecule is CNCc1cccc2nn(C)c(Br)c12. The lowest BCUT2D eigenvalue weighted by molar-refractivity contribution is 0.760. The molecule has 2 rings (SSSR count). The Labute approximate surface area is 91.2 Å². The molecular weight excluding hydrogens is 242 g/mol. The van der Waals surface area contributed by atoms with Gasteiger partial charge in [-0.2, -0.15) is 5.10 Å². The van der Waals surface area contributed by atoms with E-state index in [4.69, 9.17) is 0 Å². The maximum atomic E-state index is 4.40. The largest absolute Gasteiger partial charge is 0.316 e. The van der Waals surface area contributed by atoms with Crippen LogP contribution in [0.15, 0.2) is 22.8 Å². The number of rotatable bonds is 2. The fourth-order valence-corrected chi connectivity index (χ4v) is 2.15. The lowest BCUT2D eigenvalue weighted by Crippen LogP contribution is -2.05. The zero-order valence-electron chi connectivity index (χ0n) is 8.21. The molecule has 1 aromatic heterocycles. The van der Waals surface area contributed by atoms with E-state index in [2.05, 4.69) is 32.4 Å². The van der Waals surface area contributed by atoms with Crippen LogP contribution in [0.3, 0.4) is 0 Å². The van der Waals surface area contributed by atoms with Gasteiger partial charge in [0.25, 0.3) is 0 Å². The van der Waals surface area contributed by atoms with Crippen LogP contribution >= 0.6 is 15.9 Å². The normalized spacial score (nSPS) is 11.1. The molecule has 1 aromatic carbocycles. The van der Waals surface area contributed by atoms with Crippen LogP contribution in [0.4, 0.5) is 0 Å². The second kappa shape index (κ2) is 3.71. The second-order valence-electron chi connectivity index (χ2n) is 3.26. The Hall–Kier alpha value is -0.870. The van der Waals surface area contributed by atoms with Gasteiger partial charge in [-0.3, -0.25) is 4.68 Å². The van der Waals surface area contributed by atoms with Crippen LogP contribution in [0, 0.1) is 0 Å². The first kappa shape index (κ1) is 9.68. The lowest BCUT2D eigenvalue weighted by atomic mass is 10.1. The molecule has 0 bridgehead atoms. The minimum atomic E-state index is 0.863.